The molecule has 1 aliphatic heterocycles. The van der Waals surface area contributed by atoms with Gasteiger partial charge < -0.3 is 10.2 Å². The lowest BCUT2D eigenvalue weighted by Crippen LogP contribution is -2.42. The predicted molar refractivity (Wildman–Crippen MR) is 152 cm³/mol. The van der Waals surface area contributed by atoms with Crippen molar-refractivity contribution in [3.8, 4) is 27.1 Å². The lowest BCUT2D eigenvalue weighted by Gasteiger charge is -2.31. The highest BCUT2D eigenvalue weighted by Crippen LogP contribution is 2.46. The summed E-state index contributed by atoms with van der Waals surface area (Å²) < 4.78 is 37.8. The van der Waals surface area contributed by atoms with Crippen molar-refractivity contribution in [2.24, 2.45) is 5.92 Å². The van der Waals surface area contributed by atoms with Crippen molar-refractivity contribution in [3.63, 3.8) is 0 Å². The van der Waals surface area contributed by atoms with Crippen LogP contribution in [0.25, 0.3) is 21.0 Å². The number of rotatable bonds is 6. The minimum Gasteiger partial charge on any atom is -0.369 e. The maximum atomic E-state index is 14.1. The fourth-order valence-corrected chi connectivity index (χ4v) is 8.05. The number of hydrogen-bond acceptors (Lipinski definition) is 8. The van der Waals surface area contributed by atoms with E-state index in [1.807, 2.05) is 24.3 Å². The number of pyridine rings is 1. The summed E-state index contributed by atoms with van der Waals surface area (Å²) in [5.74, 6) is -0.657. The maximum absolute atomic E-state index is 14.1. The molecule has 3 aliphatic rings. The van der Waals surface area contributed by atoms with Crippen LogP contribution < -0.4 is 10.2 Å². The van der Waals surface area contributed by atoms with E-state index in [9.17, 15) is 22.9 Å². The first-order valence-corrected chi connectivity index (χ1v) is 16.3. The molecule has 3 aromatic rings. The van der Waals surface area contributed by atoms with Gasteiger partial charge in [-0.05, 0) is 49.4 Å². The number of carbonyl (C=O) groups excluding carboxylic acids is 1. The zero-order valence-electron chi connectivity index (χ0n) is 22.0. The Morgan fingerprint density at radius 1 is 1.10 bits per heavy atom. The van der Waals surface area contributed by atoms with Gasteiger partial charge in [0.25, 0.3) is 0 Å². The van der Waals surface area contributed by atoms with Crippen molar-refractivity contribution >= 4 is 32.8 Å². The van der Waals surface area contributed by atoms with Crippen LogP contribution in [-0.4, -0.2) is 54.4 Å². The average molecular weight is 580 g/mol. The third-order valence-electron chi connectivity index (χ3n) is 8.22. The highest BCUT2D eigenvalue weighted by atomic mass is 32.2. The number of benzene rings is 1. The zero-order valence-corrected chi connectivity index (χ0v) is 23.6. The molecule has 208 valence electrons. The number of nitriles is 1. The molecular formula is C29H30FN5O3S2. The molecule has 1 N–H and O–H groups in total. The molecule has 6 rings (SSSR count). The van der Waals surface area contributed by atoms with Crippen molar-refractivity contribution in [2.45, 2.75) is 50.0 Å². The monoisotopic (exact) mass is 579 g/mol. The van der Waals surface area contributed by atoms with Crippen LogP contribution in [0.1, 0.15) is 50.1 Å². The molecule has 2 aliphatic carbocycles. The van der Waals surface area contributed by atoms with Gasteiger partial charge in [-0.2, -0.15) is 5.26 Å². The molecule has 0 spiro atoms. The van der Waals surface area contributed by atoms with E-state index < -0.39 is 21.2 Å². The normalized spacial score (nSPS) is 23.2. The summed E-state index contributed by atoms with van der Waals surface area (Å²) in [6, 6.07) is 11.7. The molecule has 2 saturated carbocycles. The maximum Gasteiger partial charge on any atom is 0.225 e. The third kappa shape index (κ3) is 5.47. The first-order chi connectivity index (χ1) is 19.3. The van der Waals surface area contributed by atoms with Crippen molar-refractivity contribution in [1.82, 2.24) is 15.3 Å². The minimum absolute atomic E-state index is 0.0907. The highest BCUT2D eigenvalue weighted by molar-refractivity contribution is 7.91. The summed E-state index contributed by atoms with van der Waals surface area (Å²) in [7, 11) is -2.97. The molecule has 1 saturated heterocycles. The Labute approximate surface area is 237 Å². The smallest absolute Gasteiger partial charge is 0.225 e. The second-order valence-electron chi connectivity index (χ2n) is 11.0. The second kappa shape index (κ2) is 10.6. The van der Waals surface area contributed by atoms with E-state index in [4.69, 9.17) is 4.98 Å². The molecule has 1 amide bonds. The van der Waals surface area contributed by atoms with E-state index in [1.54, 1.807) is 6.20 Å². The van der Waals surface area contributed by atoms with E-state index in [-0.39, 0.29) is 29.2 Å². The number of sulfone groups is 1. The van der Waals surface area contributed by atoms with Crippen LogP contribution in [0.15, 0.2) is 42.7 Å². The van der Waals surface area contributed by atoms with Gasteiger partial charge in [0.15, 0.2) is 9.84 Å². The molecule has 8 nitrogen and oxygen atoms in total. The Kier molecular flexibility index (Phi) is 7.09. The summed E-state index contributed by atoms with van der Waals surface area (Å²) in [6.07, 6.45) is 7.56. The second-order valence-corrected chi connectivity index (χ2v) is 14.3. The van der Waals surface area contributed by atoms with Gasteiger partial charge in [-0.15, -0.1) is 11.3 Å². The van der Waals surface area contributed by atoms with E-state index in [0.29, 0.717) is 36.5 Å². The number of anilines is 1. The number of amides is 1. The SMILES string of the molecule is N#CC1(NC(=O)C2CCCCC2c2nc(-c3cncc(F)c3)sc2-c2ccc(N3CCS(=O)(=O)CC3)cc2)CC1. The lowest BCUT2D eigenvalue weighted by atomic mass is 9.76. The van der Waals surface area contributed by atoms with Crippen LogP contribution in [0.4, 0.5) is 10.1 Å². The van der Waals surface area contributed by atoms with Gasteiger partial charge in [-0.3, -0.25) is 9.78 Å². The van der Waals surface area contributed by atoms with Crippen LogP contribution in [0.3, 0.4) is 0 Å². The van der Waals surface area contributed by atoms with Crippen LogP contribution in [0.2, 0.25) is 0 Å². The largest absolute Gasteiger partial charge is 0.369 e. The highest BCUT2D eigenvalue weighted by Gasteiger charge is 2.47. The quantitative estimate of drug-likeness (QED) is 0.450. The number of aromatic nitrogens is 2. The zero-order chi connectivity index (χ0) is 27.9. The molecule has 40 heavy (non-hydrogen) atoms. The number of halogens is 1. The minimum atomic E-state index is -2.97. The standard InChI is InChI=1S/C29H30FN5O3S2/c30-21-15-20(16-32-17-21)28-33-25(23-3-1-2-4-24(23)27(36)34-29(18-31)9-10-29)26(39-28)19-5-7-22(8-6-19)35-11-13-40(37,38)14-12-35/h5-8,15-17,23-24H,1-4,9-14H2,(H,34,36). The van der Waals surface area contributed by atoms with E-state index in [0.717, 1.165) is 53.7 Å². The molecule has 0 radical (unpaired) electrons. The van der Waals surface area contributed by atoms with Crippen LogP contribution in [0, 0.1) is 23.1 Å². The average Bonchev–Trinajstić information content (AvgIpc) is 3.59. The summed E-state index contributed by atoms with van der Waals surface area (Å²) >= 11 is 1.46. The Morgan fingerprint density at radius 3 is 2.50 bits per heavy atom. The number of thiazole rings is 1. The number of nitrogens with one attached hydrogen (secondary N) is 1. The van der Waals surface area contributed by atoms with Crippen LogP contribution in [-0.2, 0) is 14.6 Å². The Bertz CT molecular complexity index is 1560. The van der Waals surface area contributed by atoms with Gasteiger partial charge in [-0.25, -0.2) is 17.8 Å². The van der Waals surface area contributed by atoms with Crippen molar-refractivity contribution in [2.75, 3.05) is 29.5 Å². The number of nitrogens with zero attached hydrogens (tertiary/aromatic N) is 4. The van der Waals surface area contributed by atoms with E-state index in [1.165, 1.54) is 17.4 Å². The van der Waals surface area contributed by atoms with E-state index >= 15 is 0 Å². The molecule has 2 atom stereocenters. The van der Waals surface area contributed by atoms with Gasteiger partial charge in [0.05, 0.1) is 34.3 Å². The molecular weight excluding hydrogens is 549 g/mol. The summed E-state index contributed by atoms with van der Waals surface area (Å²) in [6.45, 7) is 0.931. The van der Waals surface area contributed by atoms with Gasteiger partial charge in [0, 0.05) is 42.4 Å². The van der Waals surface area contributed by atoms with Crippen LogP contribution in [0.5, 0.6) is 0 Å². The Morgan fingerprint density at radius 2 is 1.82 bits per heavy atom. The molecule has 2 aromatic heterocycles. The Balaban J connectivity index is 1.35. The van der Waals surface area contributed by atoms with Crippen molar-refractivity contribution < 1.29 is 17.6 Å². The molecule has 3 heterocycles. The van der Waals surface area contributed by atoms with Gasteiger partial charge >= 0.3 is 0 Å². The molecule has 2 unspecified atom stereocenters. The lowest BCUT2D eigenvalue weighted by molar-refractivity contribution is -0.127. The fraction of sp³-hybridized carbons (Fsp3) is 0.448. The topological polar surface area (TPSA) is 116 Å². The number of hydrogen-bond donors (Lipinski definition) is 1. The molecule has 1 aromatic carbocycles. The fourth-order valence-electron chi connectivity index (χ4n) is 5.73. The molecule has 3 fully saturated rings. The van der Waals surface area contributed by atoms with Crippen molar-refractivity contribution in [1.29, 1.82) is 5.26 Å². The van der Waals surface area contributed by atoms with E-state index in [2.05, 4.69) is 21.3 Å². The first-order valence-electron chi connectivity index (χ1n) is 13.7. The summed E-state index contributed by atoms with van der Waals surface area (Å²) in [4.78, 5) is 25.5. The third-order valence-corrected chi connectivity index (χ3v) is 11.0. The Hall–Kier alpha value is -3.36. The summed E-state index contributed by atoms with van der Waals surface area (Å²) in [5, 5.41) is 13.2. The predicted octanol–water partition coefficient (Wildman–Crippen LogP) is 4.69. The number of carbonyl (C=O) groups is 1. The van der Waals surface area contributed by atoms with Crippen LogP contribution >= 0.6 is 11.3 Å². The van der Waals surface area contributed by atoms with Gasteiger partial charge in [0.2, 0.25) is 5.91 Å². The summed E-state index contributed by atoms with van der Waals surface area (Å²) in [5.41, 5.74) is 2.58. The van der Waals surface area contributed by atoms with Gasteiger partial charge in [-0.1, -0.05) is 25.0 Å². The van der Waals surface area contributed by atoms with Gasteiger partial charge in [0.1, 0.15) is 16.4 Å². The first kappa shape index (κ1) is 26.8. The molecule has 11 heteroatoms. The molecule has 0 bridgehead atoms. The van der Waals surface area contributed by atoms with Crippen molar-refractivity contribution in [3.05, 3.63) is 54.2 Å².